The van der Waals surface area contributed by atoms with E-state index in [-0.39, 0.29) is 47.6 Å². The second kappa shape index (κ2) is 8.55. The number of rotatable bonds is 5. The van der Waals surface area contributed by atoms with Gasteiger partial charge in [0.25, 0.3) is 5.91 Å². The lowest BCUT2D eigenvalue weighted by Gasteiger charge is -2.27. The normalized spacial score (nSPS) is 18.8. The molecule has 34 heavy (non-hydrogen) atoms. The predicted octanol–water partition coefficient (Wildman–Crippen LogP) is 3.61. The van der Waals surface area contributed by atoms with E-state index in [1.807, 2.05) is 13.8 Å². The standard InChI is InChI=1S/C23H25F3N4O4/c1-12(2)22(32)8-9-30(11-22)21(31)19-16(10-27)34-20(29-19)14-4-6-15(33-3)18-13(14)5-7-17(28-18)23(24,25)26/h4-7,12,32H,8-11,27H2,1-3H3. The van der Waals surface area contributed by atoms with Crippen molar-refractivity contribution in [3.63, 3.8) is 0 Å². The quantitative estimate of drug-likeness (QED) is 0.576. The summed E-state index contributed by atoms with van der Waals surface area (Å²) < 4.78 is 50.6. The summed E-state index contributed by atoms with van der Waals surface area (Å²) in [4.78, 5) is 22.8. The van der Waals surface area contributed by atoms with Crippen LogP contribution in [-0.2, 0) is 12.7 Å². The first-order valence-electron chi connectivity index (χ1n) is 10.7. The lowest BCUT2D eigenvalue weighted by atomic mass is 9.90. The van der Waals surface area contributed by atoms with Crippen LogP contribution in [0.3, 0.4) is 0 Å². The average molecular weight is 478 g/mol. The number of β-amino-alcohol motifs (C(OH)–C–C–N with tert-alkyl or cyclic N) is 1. The van der Waals surface area contributed by atoms with Crippen LogP contribution < -0.4 is 10.5 Å². The minimum Gasteiger partial charge on any atom is -0.494 e. The molecule has 0 spiro atoms. The summed E-state index contributed by atoms with van der Waals surface area (Å²) in [7, 11) is 1.33. The lowest BCUT2D eigenvalue weighted by molar-refractivity contribution is -0.140. The highest BCUT2D eigenvalue weighted by Crippen LogP contribution is 2.37. The number of methoxy groups -OCH3 is 1. The van der Waals surface area contributed by atoms with Crippen LogP contribution in [0.25, 0.3) is 22.4 Å². The van der Waals surface area contributed by atoms with E-state index < -0.39 is 23.4 Å². The van der Waals surface area contributed by atoms with Gasteiger partial charge in [0.05, 0.1) is 25.8 Å². The number of carbonyl (C=O) groups is 1. The molecule has 3 N–H and O–H groups in total. The molecule has 182 valence electrons. The molecule has 1 saturated heterocycles. The largest absolute Gasteiger partial charge is 0.494 e. The van der Waals surface area contributed by atoms with Crippen LogP contribution in [-0.4, -0.2) is 51.7 Å². The fourth-order valence-corrected chi connectivity index (χ4v) is 4.09. The van der Waals surface area contributed by atoms with Crippen molar-refractivity contribution in [2.24, 2.45) is 11.7 Å². The zero-order valence-electron chi connectivity index (χ0n) is 18.9. The summed E-state index contributed by atoms with van der Waals surface area (Å²) in [5.74, 6) is -0.147. The molecule has 11 heteroatoms. The zero-order chi connectivity index (χ0) is 24.8. The molecule has 1 atom stereocenters. The molecule has 1 aromatic carbocycles. The number of ether oxygens (including phenoxy) is 1. The van der Waals surface area contributed by atoms with Gasteiger partial charge in [-0.25, -0.2) is 9.97 Å². The summed E-state index contributed by atoms with van der Waals surface area (Å²) in [5.41, 5.74) is 4.08. The van der Waals surface area contributed by atoms with E-state index >= 15 is 0 Å². The SMILES string of the molecule is COc1ccc(-c2nc(C(=O)N3CCC(O)(C(C)C)C3)c(CN)o2)c2ccc(C(F)(F)F)nc12. The van der Waals surface area contributed by atoms with E-state index in [0.717, 1.165) is 6.07 Å². The Morgan fingerprint density at radius 1 is 1.29 bits per heavy atom. The molecular weight excluding hydrogens is 453 g/mol. The van der Waals surface area contributed by atoms with Crippen molar-refractivity contribution >= 4 is 16.8 Å². The molecule has 2 aromatic heterocycles. The molecule has 1 amide bonds. The molecule has 3 aromatic rings. The molecule has 1 unspecified atom stereocenters. The van der Waals surface area contributed by atoms with Crippen molar-refractivity contribution in [3.05, 3.63) is 41.4 Å². The summed E-state index contributed by atoms with van der Waals surface area (Å²) in [6.07, 6.45) is -4.19. The molecule has 4 rings (SSSR count). The van der Waals surface area contributed by atoms with Gasteiger partial charge in [0.15, 0.2) is 11.5 Å². The summed E-state index contributed by atoms with van der Waals surface area (Å²) >= 11 is 0. The summed E-state index contributed by atoms with van der Waals surface area (Å²) in [6, 6.07) is 5.16. The maximum Gasteiger partial charge on any atom is 0.433 e. The van der Waals surface area contributed by atoms with Gasteiger partial charge in [-0.3, -0.25) is 4.79 Å². The third kappa shape index (κ3) is 4.09. The first-order chi connectivity index (χ1) is 16.0. The Balaban J connectivity index is 1.76. The first-order valence-corrected chi connectivity index (χ1v) is 10.7. The number of aliphatic hydroxyl groups is 1. The van der Waals surface area contributed by atoms with E-state index in [9.17, 15) is 23.1 Å². The monoisotopic (exact) mass is 478 g/mol. The summed E-state index contributed by atoms with van der Waals surface area (Å²) in [6.45, 7) is 4.18. The van der Waals surface area contributed by atoms with Crippen LogP contribution in [0.4, 0.5) is 13.2 Å². The van der Waals surface area contributed by atoms with Crippen LogP contribution in [0, 0.1) is 5.92 Å². The third-order valence-electron chi connectivity index (χ3n) is 6.29. The van der Waals surface area contributed by atoms with Gasteiger partial charge in [0.2, 0.25) is 5.89 Å². The van der Waals surface area contributed by atoms with Gasteiger partial charge < -0.3 is 24.9 Å². The Bertz CT molecular complexity index is 1240. The van der Waals surface area contributed by atoms with Crippen molar-refractivity contribution in [1.29, 1.82) is 0 Å². The van der Waals surface area contributed by atoms with Crippen molar-refractivity contribution < 1.29 is 32.2 Å². The van der Waals surface area contributed by atoms with Gasteiger partial charge in [-0.1, -0.05) is 13.8 Å². The number of hydrogen-bond donors (Lipinski definition) is 2. The van der Waals surface area contributed by atoms with Crippen molar-refractivity contribution in [3.8, 4) is 17.2 Å². The molecule has 0 aliphatic carbocycles. The number of amides is 1. The zero-order valence-corrected chi connectivity index (χ0v) is 18.9. The number of pyridine rings is 1. The van der Waals surface area contributed by atoms with Gasteiger partial charge in [0, 0.05) is 17.5 Å². The fourth-order valence-electron chi connectivity index (χ4n) is 4.09. The van der Waals surface area contributed by atoms with Gasteiger partial charge in [-0.15, -0.1) is 0 Å². The number of hydrogen-bond acceptors (Lipinski definition) is 7. The Labute approximate surface area is 193 Å². The van der Waals surface area contributed by atoms with Gasteiger partial charge in [-0.2, -0.15) is 13.2 Å². The highest BCUT2D eigenvalue weighted by Gasteiger charge is 2.42. The highest BCUT2D eigenvalue weighted by atomic mass is 19.4. The number of benzene rings is 1. The highest BCUT2D eigenvalue weighted by molar-refractivity contribution is 5.98. The number of alkyl halides is 3. The number of oxazole rings is 1. The average Bonchev–Trinajstić information content (AvgIpc) is 3.41. The van der Waals surface area contributed by atoms with E-state index in [2.05, 4.69) is 9.97 Å². The molecule has 1 aliphatic heterocycles. The van der Waals surface area contributed by atoms with Crippen LogP contribution in [0.1, 0.15) is 42.2 Å². The van der Waals surface area contributed by atoms with Crippen molar-refractivity contribution in [2.45, 2.75) is 38.6 Å². The van der Waals surface area contributed by atoms with Crippen LogP contribution in [0.15, 0.2) is 28.7 Å². The maximum atomic E-state index is 13.2. The van der Waals surface area contributed by atoms with Gasteiger partial charge in [0.1, 0.15) is 17.0 Å². The van der Waals surface area contributed by atoms with Gasteiger partial charge in [-0.05, 0) is 36.6 Å². The molecule has 0 saturated carbocycles. The predicted molar refractivity (Wildman–Crippen MR) is 117 cm³/mol. The Kier molecular flexibility index (Phi) is 6.03. The van der Waals surface area contributed by atoms with E-state index in [4.69, 9.17) is 14.9 Å². The molecule has 0 bridgehead atoms. The molecule has 1 aliphatic rings. The molecule has 1 fully saturated rings. The smallest absolute Gasteiger partial charge is 0.433 e. The Morgan fingerprint density at radius 3 is 2.62 bits per heavy atom. The number of halogens is 3. The molecular formula is C23H25F3N4O4. The Morgan fingerprint density at radius 2 is 2.03 bits per heavy atom. The minimum absolute atomic E-state index is 0.00865. The summed E-state index contributed by atoms with van der Waals surface area (Å²) in [5, 5.41) is 11.0. The maximum absolute atomic E-state index is 13.2. The molecule has 8 nitrogen and oxygen atoms in total. The van der Waals surface area contributed by atoms with Crippen LogP contribution >= 0.6 is 0 Å². The minimum atomic E-state index is -4.63. The number of aromatic nitrogens is 2. The van der Waals surface area contributed by atoms with Gasteiger partial charge >= 0.3 is 6.18 Å². The second-order valence-corrected chi connectivity index (χ2v) is 8.64. The van der Waals surface area contributed by atoms with Crippen LogP contribution in [0.2, 0.25) is 0 Å². The number of fused-ring (bicyclic) bond motifs is 1. The second-order valence-electron chi connectivity index (χ2n) is 8.64. The van der Waals surface area contributed by atoms with Crippen LogP contribution in [0.5, 0.6) is 5.75 Å². The lowest BCUT2D eigenvalue weighted by Crippen LogP contribution is -2.40. The van der Waals surface area contributed by atoms with E-state index in [1.165, 1.54) is 24.1 Å². The molecule has 0 radical (unpaired) electrons. The van der Waals surface area contributed by atoms with Crippen molar-refractivity contribution in [1.82, 2.24) is 14.9 Å². The Hall–Kier alpha value is -3.18. The number of likely N-dealkylation sites (tertiary alicyclic amines) is 1. The third-order valence-corrected chi connectivity index (χ3v) is 6.29. The van der Waals surface area contributed by atoms with E-state index in [0.29, 0.717) is 23.9 Å². The van der Waals surface area contributed by atoms with Crippen molar-refractivity contribution in [2.75, 3.05) is 20.2 Å². The molecule has 3 heterocycles. The number of nitrogens with zero attached hydrogens (tertiary/aromatic N) is 3. The first kappa shape index (κ1) is 24.0. The fraction of sp³-hybridized carbons (Fsp3) is 0.435. The number of carbonyl (C=O) groups excluding carboxylic acids is 1. The number of nitrogens with two attached hydrogens (primary N) is 1. The topological polar surface area (TPSA) is 115 Å². The van der Waals surface area contributed by atoms with E-state index in [1.54, 1.807) is 6.07 Å².